The lowest BCUT2D eigenvalue weighted by Crippen LogP contribution is -2.30. The Morgan fingerprint density at radius 1 is 0.889 bits per heavy atom. The molecule has 4 atom stereocenters. The fraction of sp³-hybridized carbons (Fsp3) is 0.606. The molecule has 194 valence electrons. The molecule has 5 rings (SSSR count). The fourth-order valence-corrected chi connectivity index (χ4v) is 6.96. The average Bonchev–Trinajstić information content (AvgIpc) is 3.26. The van der Waals surface area contributed by atoms with Crippen LogP contribution < -0.4 is 0 Å². The molecule has 0 aromatic heterocycles. The van der Waals surface area contributed by atoms with E-state index in [4.69, 9.17) is 4.74 Å². The van der Waals surface area contributed by atoms with Gasteiger partial charge in [0.2, 0.25) is 5.90 Å². The first kappa shape index (κ1) is 25.5. The van der Waals surface area contributed by atoms with Gasteiger partial charge in [0.05, 0.1) is 5.54 Å². The van der Waals surface area contributed by atoms with Crippen LogP contribution in [0.2, 0.25) is 0 Å². The van der Waals surface area contributed by atoms with Crippen molar-refractivity contribution in [2.24, 2.45) is 22.7 Å². The maximum atomic E-state index is 15.3. The maximum Gasteiger partial charge on any atom is 0.216 e. The monoisotopic (exact) mass is 489 g/mol. The van der Waals surface area contributed by atoms with Crippen molar-refractivity contribution in [2.45, 2.75) is 103 Å². The predicted octanol–water partition coefficient (Wildman–Crippen LogP) is 9.32. The van der Waals surface area contributed by atoms with Crippen LogP contribution in [0.1, 0.15) is 108 Å². The molecule has 2 aliphatic carbocycles. The van der Waals surface area contributed by atoms with Crippen molar-refractivity contribution in [3.63, 3.8) is 0 Å². The van der Waals surface area contributed by atoms with Crippen LogP contribution in [0.15, 0.2) is 47.5 Å². The highest BCUT2D eigenvalue weighted by atomic mass is 19.1. The molecule has 2 aromatic carbocycles. The van der Waals surface area contributed by atoms with E-state index in [0.717, 1.165) is 28.9 Å². The smallest absolute Gasteiger partial charge is 0.216 e. The lowest BCUT2D eigenvalue weighted by atomic mass is 9.63. The number of ether oxygens (including phenoxy) is 1. The lowest BCUT2D eigenvalue weighted by Gasteiger charge is -2.42. The summed E-state index contributed by atoms with van der Waals surface area (Å²) < 4.78 is 21.1. The Kier molecular flexibility index (Phi) is 7.84. The van der Waals surface area contributed by atoms with E-state index in [2.05, 4.69) is 31.8 Å². The molecule has 0 N–H and O–H groups in total. The third-order valence-corrected chi connectivity index (χ3v) is 9.06. The van der Waals surface area contributed by atoms with Gasteiger partial charge < -0.3 is 4.74 Å². The summed E-state index contributed by atoms with van der Waals surface area (Å²) in [5.74, 6) is 3.81. The number of halogens is 1. The highest BCUT2D eigenvalue weighted by Crippen LogP contribution is 2.48. The number of rotatable bonds is 8. The molecule has 2 saturated carbocycles. The second kappa shape index (κ2) is 11.1. The molecule has 0 bridgehead atoms. The average molecular weight is 490 g/mol. The van der Waals surface area contributed by atoms with Gasteiger partial charge >= 0.3 is 0 Å². The van der Waals surface area contributed by atoms with Gasteiger partial charge in [-0.25, -0.2) is 9.38 Å². The minimum atomic E-state index is -0.178. The van der Waals surface area contributed by atoms with Crippen LogP contribution in [-0.4, -0.2) is 18.0 Å². The molecule has 1 aliphatic heterocycles. The number of fused-ring (bicyclic) bond motifs is 1. The van der Waals surface area contributed by atoms with Crippen molar-refractivity contribution >= 4 is 5.90 Å². The summed E-state index contributed by atoms with van der Waals surface area (Å²) in [5.41, 5.74) is 3.55. The molecular formula is C33H44FNO. The fourth-order valence-electron chi connectivity index (χ4n) is 6.96. The molecule has 0 saturated heterocycles. The van der Waals surface area contributed by atoms with Gasteiger partial charge in [0.1, 0.15) is 12.4 Å². The molecule has 0 amide bonds. The number of aliphatic imine (C=N–C) groups is 1. The van der Waals surface area contributed by atoms with Crippen LogP contribution in [0.25, 0.3) is 11.1 Å². The second-order valence-corrected chi connectivity index (χ2v) is 12.4. The largest absolute Gasteiger partial charge is 0.475 e. The zero-order valence-electron chi connectivity index (χ0n) is 22.6. The van der Waals surface area contributed by atoms with E-state index < -0.39 is 0 Å². The number of unbranched alkanes of at least 4 members (excludes halogenated alkanes) is 3. The summed E-state index contributed by atoms with van der Waals surface area (Å²) in [6.07, 6.45) is 15.0. The summed E-state index contributed by atoms with van der Waals surface area (Å²) in [6, 6.07) is 13.9. The van der Waals surface area contributed by atoms with Gasteiger partial charge in [-0.15, -0.1) is 0 Å². The first-order valence-electron chi connectivity index (χ1n) is 14.5. The Hall–Kier alpha value is -2.16. The topological polar surface area (TPSA) is 21.6 Å². The van der Waals surface area contributed by atoms with E-state index in [1.807, 2.05) is 36.4 Å². The number of hydrogen-bond acceptors (Lipinski definition) is 2. The van der Waals surface area contributed by atoms with Crippen molar-refractivity contribution in [2.75, 3.05) is 6.61 Å². The van der Waals surface area contributed by atoms with Crippen LogP contribution in [0, 0.1) is 23.6 Å². The summed E-state index contributed by atoms with van der Waals surface area (Å²) in [4.78, 5) is 4.65. The van der Waals surface area contributed by atoms with Gasteiger partial charge in [0.25, 0.3) is 0 Å². The molecule has 0 spiro atoms. The first-order valence-corrected chi connectivity index (χ1v) is 14.5. The zero-order chi connectivity index (χ0) is 25.1. The molecule has 36 heavy (non-hydrogen) atoms. The van der Waals surface area contributed by atoms with Gasteiger partial charge in [-0.1, -0.05) is 69.7 Å². The number of benzene rings is 2. The molecule has 1 heterocycles. The van der Waals surface area contributed by atoms with Crippen molar-refractivity contribution in [3.8, 4) is 11.1 Å². The molecular weight excluding hydrogens is 445 g/mol. The van der Waals surface area contributed by atoms with E-state index in [9.17, 15) is 0 Å². The van der Waals surface area contributed by atoms with Gasteiger partial charge in [-0.05, 0) is 98.9 Å². The standard InChI is InChI=1S/C33H44FNO/c1-4-5-6-7-8-23-9-10-27-20-28(16-15-26(27)19-23)29-17-18-30(31(34)21-29)24-11-13-25(14-12-24)32-35-33(2,3)22-36-32/h11-14,17-18,21,23,26-28H,4-10,15-16,19-20,22H2,1-3H3. The highest BCUT2D eigenvalue weighted by Gasteiger charge is 2.36. The van der Waals surface area contributed by atoms with Crippen LogP contribution in [0.5, 0.6) is 0 Å². The zero-order valence-corrected chi connectivity index (χ0v) is 22.6. The normalized spacial score (nSPS) is 27.3. The summed E-state index contributed by atoms with van der Waals surface area (Å²) in [6.45, 7) is 7.03. The van der Waals surface area contributed by atoms with Crippen molar-refractivity contribution in [1.82, 2.24) is 0 Å². The van der Waals surface area contributed by atoms with Gasteiger partial charge in [-0.3, -0.25) is 0 Å². The van der Waals surface area contributed by atoms with E-state index >= 15 is 4.39 Å². The van der Waals surface area contributed by atoms with Crippen LogP contribution in [-0.2, 0) is 4.74 Å². The third kappa shape index (κ3) is 5.87. The van der Waals surface area contributed by atoms with Gasteiger partial charge in [0.15, 0.2) is 0 Å². The van der Waals surface area contributed by atoms with Crippen LogP contribution in [0.4, 0.5) is 4.39 Å². The Morgan fingerprint density at radius 2 is 1.64 bits per heavy atom. The van der Waals surface area contributed by atoms with Crippen molar-refractivity contribution in [1.29, 1.82) is 0 Å². The molecule has 0 radical (unpaired) electrons. The SMILES string of the molecule is CCCCCCC1CCC2CC(c3ccc(-c4ccc(C5=NC(C)(C)CO5)cc4)c(F)c3)CCC2C1. The molecule has 3 aliphatic rings. The molecule has 2 fully saturated rings. The predicted molar refractivity (Wildman–Crippen MR) is 148 cm³/mol. The summed E-state index contributed by atoms with van der Waals surface area (Å²) in [5, 5.41) is 0. The summed E-state index contributed by atoms with van der Waals surface area (Å²) in [7, 11) is 0. The van der Waals surface area contributed by atoms with E-state index in [0.29, 0.717) is 24.0 Å². The Morgan fingerprint density at radius 3 is 2.36 bits per heavy atom. The minimum absolute atomic E-state index is 0.103. The van der Waals surface area contributed by atoms with Gasteiger partial charge in [-0.2, -0.15) is 0 Å². The maximum absolute atomic E-state index is 15.3. The second-order valence-electron chi connectivity index (χ2n) is 12.4. The van der Waals surface area contributed by atoms with Crippen LogP contribution >= 0.6 is 0 Å². The first-order chi connectivity index (χ1) is 17.4. The van der Waals surface area contributed by atoms with Crippen molar-refractivity contribution < 1.29 is 9.13 Å². The van der Waals surface area contributed by atoms with E-state index in [-0.39, 0.29) is 11.4 Å². The van der Waals surface area contributed by atoms with E-state index in [1.54, 1.807) is 0 Å². The number of hydrogen-bond donors (Lipinski definition) is 0. The third-order valence-electron chi connectivity index (χ3n) is 9.06. The highest BCUT2D eigenvalue weighted by molar-refractivity contribution is 5.95. The Labute approximate surface area is 217 Å². The Bertz CT molecular complexity index is 1060. The minimum Gasteiger partial charge on any atom is -0.475 e. The van der Waals surface area contributed by atoms with Crippen molar-refractivity contribution in [3.05, 3.63) is 59.4 Å². The summed E-state index contributed by atoms with van der Waals surface area (Å²) >= 11 is 0. The Balaban J connectivity index is 1.19. The quantitative estimate of drug-likeness (QED) is 0.339. The lowest BCUT2D eigenvalue weighted by molar-refractivity contribution is 0.113. The molecule has 2 aromatic rings. The van der Waals surface area contributed by atoms with Gasteiger partial charge in [0, 0.05) is 11.1 Å². The number of nitrogens with zero attached hydrogens (tertiary/aromatic N) is 1. The van der Waals surface area contributed by atoms with Crippen LogP contribution in [0.3, 0.4) is 0 Å². The van der Waals surface area contributed by atoms with E-state index in [1.165, 1.54) is 76.2 Å². The molecule has 4 unspecified atom stereocenters. The molecule has 3 heteroatoms. The molecule has 2 nitrogen and oxygen atoms in total.